The third-order valence-corrected chi connectivity index (χ3v) is 7.55. The second-order valence-electron chi connectivity index (χ2n) is 9.33. The number of carbonyl (C=O) groups is 3. The van der Waals surface area contributed by atoms with Gasteiger partial charge in [0.05, 0.1) is 24.0 Å². The molecule has 3 aliphatic rings. The van der Waals surface area contributed by atoms with Crippen LogP contribution >= 0.6 is 11.6 Å². The smallest absolute Gasteiger partial charge is 0.250 e. The molecule has 3 amide bonds. The molecule has 3 aliphatic heterocycles. The molecule has 3 saturated heterocycles. The van der Waals surface area contributed by atoms with Crippen LogP contribution in [0.2, 0.25) is 5.02 Å². The minimum Gasteiger partial charge on any atom is -0.395 e. The number of nitrogens with zero attached hydrogens (tertiary/aromatic N) is 1. The van der Waals surface area contributed by atoms with E-state index in [2.05, 4.69) is 10.6 Å². The molecule has 3 heterocycles. The van der Waals surface area contributed by atoms with Gasteiger partial charge in [-0.2, -0.15) is 0 Å². The first-order chi connectivity index (χ1) is 16.3. The highest BCUT2D eigenvalue weighted by molar-refractivity contribution is 6.30. The Hall–Kier alpha value is -2.94. The van der Waals surface area contributed by atoms with Crippen LogP contribution in [-0.4, -0.2) is 58.1 Å². The second-order valence-corrected chi connectivity index (χ2v) is 9.77. The molecule has 0 aromatic heterocycles. The van der Waals surface area contributed by atoms with Crippen molar-refractivity contribution in [2.75, 3.05) is 23.8 Å². The van der Waals surface area contributed by atoms with Crippen LogP contribution in [-0.2, 0) is 19.1 Å². The van der Waals surface area contributed by atoms with Gasteiger partial charge in [0.25, 0.3) is 0 Å². The van der Waals surface area contributed by atoms with Gasteiger partial charge < -0.3 is 25.4 Å². The SMILES string of the molecule is C[C@@]12CCC3(O1)C(C(=O)Nc1ccc(Cl)cc1)N(CCO)C(=O)[C@@H]3[C@@H]2C(=O)Nc1ccccc1. The molecule has 3 fully saturated rings. The molecular weight excluding hydrogens is 458 g/mol. The number of fused-ring (bicyclic) bond motifs is 1. The van der Waals surface area contributed by atoms with Crippen LogP contribution in [0.15, 0.2) is 54.6 Å². The minimum atomic E-state index is -1.14. The fourth-order valence-electron chi connectivity index (χ4n) is 5.96. The Morgan fingerprint density at radius 3 is 2.38 bits per heavy atom. The van der Waals surface area contributed by atoms with Crippen molar-refractivity contribution in [1.82, 2.24) is 4.90 Å². The number of para-hydroxylation sites is 1. The molecule has 0 radical (unpaired) electrons. The molecule has 5 atom stereocenters. The molecule has 8 nitrogen and oxygen atoms in total. The van der Waals surface area contributed by atoms with Crippen molar-refractivity contribution in [2.24, 2.45) is 11.8 Å². The van der Waals surface area contributed by atoms with Crippen molar-refractivity contribution >= 4 is 40.7 Å². The van der Waals surface area contributed by atoms with Crippen molar-refractivity contribution in [2.45, 2.75) is 37.0 Å². The molecule has 1 spiro atoms. The first kappa shape index (κ1) is 22.8. The first-order valence-corrected chi connectivity index (χ1v) is 11.7. The summed E-state index contributed by atoms with van der Waals surface area (Å²) in [5.74, 6) is -2.65. The van der Waals surface area contributed by atoms with E-state index in [1.54, 1.807) is 36.4 Å². The maximum atomic E-state index is 13.6. The zero-order valence-corrected chi connectivity index (χ0v) is 19.4. The van der Waals surface area contributed by atoms with Crippen molar-refractivity contribution in [3.63, 3.8) is 0 Å². The number of nitrogens with one attached hydrogen (secondary N) is 2. The average Bonchev–Trinajstić information content (AvgIpc) is 3.37. The van der Waals surface area contributed by atoms with Crippen LogP contribution < -0.4 is 10.6 Å². The number of rotatable bonds is 6. The molecule has 2 unspecified atom stereocenters. The van der Waals surface area contributed by atoms with Crippen LogP contribution in [0.4, 0.5) is 11.4 Å². The Labute approximate surface area is 202 Å². The number of anilines is 2. The van der Waals surface area contributed by atoms with Gasteiger partial charge in [-0.1, -0.05) is 29.8 Å². The Kier molecular flexibility index (Phi) is 5.62. The van der Waals surface area contributed by atoms with Gasteiger partial charge in [-0.05, 0) is 56.2 Å². The van der Waals surface area contributed by atoms with E-state index in [1.165, 1.54) is 4.90 Å². The molecule has 3 N–H and O–H groups in total. The lowest BCUT2D eigenvalue weighted by atomic mass is 9.66. The summed E-state index contributed by atoms with van der Waals surface area (Å²) >= 11 is 5.95. The fourth-order valence-corrected chi connectivity index (χ4v) is 6.09. The van der Waals surface area contributed by atoms with Crippen molar-refractivity contribution in [3.05, 3.63) is 59.6 Å². The van der Waals surface area contributed by atoms with Gasteiger partial charge in [0.2, 0.25) is 17.7 Å². The van der Waals surface area contributed by atoms with E-state index in [0.29, 0.717) is 29.2 Å². The summed E-state index contributed by atoms with van der Waals surface area (Å²) in [5.41, 5.74) is -0.857. The Morgan fingerprint density at radius 1 is 1.06 bits per heavy atom. The quantitative estimate of drug-likeness (QED) is 0.585. The predicted molar refractivity (Wildman–Crippen MR) is 126 cm³/mol. The van der Waals surface area contributed by atoms with Crippen LogP contribution in [0.3, 0.4) is 0 Å². The van der Waals surface area contributed by atoms with Gasteiger partial charge in [-0.3, -0.25) is 14.4 Å². The van der Waals surface area contributed by atoms with Crippen molar-refractivity contribution in [1.29, 1.82) is 0 Å². The minimum absolute atomic E-state index is 0.0249. The summed E-state index contributed by atoms with van der Waals surface area (Å²) in [6, 6.07) is 14.7. The lowest BCUT2D eigenvalue weighted by molar-refractivity contribution is -0.143. The molecule has 2 aromatic rings. The molecular formula is C25H26ClN3O5. The van der Waals surface area contributed by atoms with Gasteiger partial charge in [0, 0.05) is 22.9 Å². The Morgan fingerprint density at radius 2 is 1.71 bits per heavy atom. The Balaban J connectivity index is 1.48. The number of aliphatic hydroxyl groups excluding tert-OH is 1. The number of hydrogen-bond donors (Lipinski definition) is 3. The number of likely N-dealkylation sites (tertiary alicyclic amines) is 1. The summed E-state index contributed by atoms with van der Waals surface area (Å²) in [6.45, 7) is 1.51. The molecule has 5 rings (SSSR count). The highest BCUT2D eigenvalue weighted by Crippen LogP contribution is 2.63. The lowest BCUT2D eigenvalue weighted by Gasteiger charge is -2.33. The third kappa shape index (κ3) is 3.48. The van der Waals surface area contributed by atoms with E-state index in [-0.39, 0.29) is 25.0 Å². The number of hydrogen-bond acceptors (Lipinski definition) is 5. The largest absolute Gasteiger partial charge is 0.395 e. The number of halogens is 1. The number of amides is 3. The molecule has 2 bridgehead atoms. The van der Waals surface area contributed by atoms with E-state index in [4.69, 9.17) is 16.3 Å². The summed E-state index contributed by atoms with van der Waals surface area (Å²) in [7, 11) is 0. The normalized spacial score (nSPS) is 31.4. The summed E-state index contributed by atoms with van der Waals surface area (Å²) in [6.07, 6.45) is 1.01. The summed E-state index contributed by atoms with van der Waals surface area (Å²) in [4.78, 5) is 42.0. The lowest BCUT2D eigenvalue weighted by Crippen LogP contribution is -2.53. The number of ether oxygens (including phenoxy) is 1. The molecule has 9 heteroatoms. The van der Waals surface area contributed by atoms with E-state index >= 15 is 0 Å². The van der Waals surface area contributed by atoms with Gasteiger partial charge in [0.1, 0.15) is 11.6 Å². The Bertz CT molecular complexity index is 1130. The average molecular weight is 484 g/mol. The van der Waals surface area contributed by atoms with Crippen LogP contribution in [0.5, 0.6) is 0 Å². The molecule has 2 aromatic carbocycles. The number of carbonyl (C=O) groups excluding carboxylic acids is 3. The zero-order valence-electron chi connectivity index (χ0n) is 18.7. The first-order valence-electron chi connectivity index (χ1n) is 11.3. The fraction of sp³-hybridized carbons (Fsp3) is 0.400. The van der Waals surface area contributed by atoms with E-state index in [9.17, 15) is 19.5 Å². The van der Waals surface area contributed by atoms with Crippen LogP contribution in [0.25, 0.3) is 0 Å². The maximum Gasteiger partial charge on any atom is 0.250 e. The second kappa shape index (κ2) is 8.37. The highest BCUT2D eigenvalue weighted by Gasteiger charge is 2.77. The molecule has 0 aliphatic carbocycles. The van der Waals surface area contributed by atoms with Crippen LogP contribution in [0, 0.1) is 11.8 Å². The van der Waals surface area contributed by atoms with E-state index in [1.807, 2.05) is 25.1 Å². The predicted octanol–water partition coefficient (Wildman–Crippen LogP) is 2.67. The number of benzene rings is 2. The summed E-state index contributed by atoms with van der Waals surface area (Å²) in [5, 5.41) is 16.0. The molecule has 34 heavy (non-hydrogen) atoms. The standard InChI is InChI=1S/C25H26ClN3O5/c1-24-11-12-25(34-24)19(18(24)21(31)27-16-5-3-2-4-6-16)23(33)29(13-14-30)20(25)22(32)28-17-9-7-15(26)8-10-17/h2-10,18-20,30H,11-14H2,1H3,(H,27,31)(H,28,32)/t18-,19+,20?,24+,25?/m1/s1. The number of β-amino-alcohol motifs (C(OH)–C–C–N with tert-alkyl or cyclic N) is 1. The van der Waals surface area contributed by atoms with E-state index < -0.39 is 35.0 Å². The maximum absolute atomic E-state index is 13.6. The van der Waals surface area contributed by atoms with Gasteiger partial charge in [-0.25, -0.2) is 0 Å². The molecule has 0 saturated carbocycles. The number of aliphatic hydroxyl groups is 1. The van der Waals surface area contributed by atoms with Crippen molar-refractivity contribution in [3.8, 4) is 0 Å². The van der Waals surface area contributed by atoms with E-state index in [0.717, 1.165) is 0 Å². The van der Waals surface area contributed by atoms with Gasteiger partial charge >= 0.3 is 0 Å². The topological polar surface area (TPSA) is 108 Å². The van der Waals surface area contributed by atoms with Crippen LogP contribution in [0.1, 0.15) is 19.8 Å². The van der Waals surface area contributed by atoms with Gasteiger partial charge in [0.15, 0.2) is 0 Å². The van der Waals surface area contributed by atoms with Gasteiger partial charge in [-0.15, -0.1) is 0 Å². The van der Waals surface area contributed by atoms with Crippen molar-refractivity contribution < 1.29 is 24.2 Å². The highest BCUT2D eigenvalue weighted by atomic mass is 35.5. The summed E-state index contributed by atoms with van der Waals surface area (Å²) < 4.78 is 6.49. The molecule has 178 valence electrons. The zero-order chi connectivity index (χ0) is 24.1. The third-order valence-electron chi connectivity index (χ3n) is 7.30. The monoisotopic (exact) mass is 483 g/mol.